The minimum Gasteiger partial charge on any atom is -0.493 e. The second kappa shape index (κ2) is 21.3. The van der Waals surface area contributed by atoms with Gasteiger partial charge in [0, 0.05) is 30.1 Å². The number of benzene rings is 5. The average Bonchev–Trinajstić information content (AvgIpc) is 3.33. The average molecular weight is 919 g/mol. The van der Waals surface area contributed by atoms with Crippen LogP contribution in [-0.4, -0.2) is 74.8 Å². The molecule has 9 rings (SSSR count). The number of aromatic nitrogens is 1. The van der Waals surface area contributed by atoms with Crippen LogP contribution in [0.2, 0.25) is 18.1 Å². The van der Waals surface area contributed by atoms with E-state index in [-0.39, 0.29) is 22.7 Å². The lowest BCUT2D eigenvalue weighted by Gasteiger charge is -2.48. The van der Waals surface area contributed by atoms with Crippen LogP contribution >= 0.6 is 0 Å². The van der Waals surface area contributed by atoms with Gasteiger partial charge < -0.3 is 34.2 Å². The van der Waals surface area contributed by atoms with Gasteiger partial charge in [0.05, 0.1) is 30.0 Å². The number of nitrogens with one attached hydrogen (secondary N) is 2. The molecular formula is C56H66N4O6Si. The van der Waals surface area contributed by atoms with Crippen molar-refractivity contribution in [1.29, 1.82) is 0 Å². The molecule has 3 saturated heterocycles. The van der Waals surface area contributed by atoms with Gasteiger partial charge in [-0.05, 0) is 134 Å². The molecule has 0 unspecified atom stereocenters. The Kier molecular flexibility index (Phi) is 15.1. The maximum atomic E-state index is 12.9. The predicted octanol–water partition coefficient (Wildman–Crippen LogP) is 11.7. The number of anilines is 1. The van der Waals surface area contributed by atoms with Crippen LogP contribution in [0.3, 0.4) is 0 Å². The van der Waals surface area contributed by atoms with E-state index in [4.69, 9.17) is 13.9 Å². The number of rotatable bonds is 19. The Hall–Kier alpha value is -5.98. The molecule has 67 heavy (non-hydrogen) atoms. The van der Waals surface area contributed by atoms with E-state index in [2.05, 4.69) is 97.6 Å². The van der Waals surface area contributed by atoms with Gasteiger partial charge in [-0.1, -0.05) is 118 Å². The summed E-state index contributed by atoms with van der Waals surface area (Å²) in [6.45, 7) is 16.5. The number of carboxylic acid groups (broad SMARTS) is 1. The zero-order chi connectivity index (χ0) is 47.0. The van der Waals surface area contributed by atoms with Crippen LogP contribution in [0.15, 0.2) is 138 Å². The van der Waals surface area contributed by atoms with Crippen LogP contribution in [0.1, 0.15) is 68.4 Å². The minimum absolute atomic E-state index is 0.00716. The summed E-state index contributed by atoms with van der Waals surface area (Å²) in [7, 11) is -2.20. The highest BCUT2D eigenvalue weighted by atomic mass is 28.4. The fourth-order valence-electron chi connectivity index (χ4n) is 9.18. The highest BCUT2D eigenvalue weighted by molar-refractivity contribution is 6.74. The number of fused-ring (bicyclic) bond motifs is 4. The first-order chi connectivity index (χ1) is 32.3. The molecule has 4 heterocycles. The van der Waals surface area contributed by atoms with Crippen LogP contribution in [-0.2, 0) is 17.5 Å². The van der Waals surface area contributed by atoms with Crippen molar-refractivity contribution in [3.05, 3.63) is 166 Å². The second-order valence-corrected chi connectivity index (χ2v) is 24.3. The summed E-state index contributed by atoms with van der Waals surface area (Å²) in [6.07, 6.45) is 6.73. The van der Waals surface area contributed by atoms with Gasteiger partial charge in [0.15, 0.2) is 8.32 Å². The lowest BCUT2D eigenvalue weighted by molar-refractivity contribution is 0.0838. The molecular weight excluding hydrogens is 853 g/mol. The maximum absolute atomic E-state index is 12.9. The molecule has 3 fully saturated rings. The van der Waals surface area contributed by atoms with Gasteiger partial charge in [0.25, 0.3) is 0 Å². The van der Waals surface area contributed by atoms with Crippen LogP contribution < -0.4 is 25.2 Å². The number of hydrogen-bond donors (Lipinski definition) is 3. The summed E-state index contributed by atoms with van der Waals surface area (Å²) in [5.74, 6) is 1.84. The van der Waals surface area contributed by atoms with E-state index in [1.807, 2.05) is 84.9 Å². The summed E-state index contributed by atoms with van der Waals surface area (Å²) in [5, 5.41) is 15.2. The fraction of sp³-hybridized carbons (Fsp3) is 0.357. The topological polar surface area (TPSA) is 116 Å². The van der Waals surface area contributed by atoms with Crippen LogP contribution in [0, 0.1) is 5.92 Å². The summed E-state index contributed by atoms with van der Waals surface area (Å²) in [5.41, 5.74) is 7.47. The van der Waals surface area contributed by atoms with E-state index in [0.29, 0.717) is 36.9 Å². The van der Waals surface area contributed by atoms with Crippen LogP contribution in [0.5, 0.6) is 11.5 Å². The van der Waals surface area contributed by atoms with Crippen molar-refractivity contribution in [2.24, 2.45) is 5.92 Å². The second-order valence-electron chi connectivity index (χ2n) is 19.5. The number of H-pyrrole nitrogens is 1. The molecule has 1 aromatic heterocycles. The number of hydrogen-bond acceptors (Lipinski definition) is 7. The molecule has 1 amide bonds. The fourth-order valence-corrected chi connectivity index (χ4v) is 10.5. The number of aromatic amines is 1. The first-order valence-electron chi connectivity index (χ1n) is 23.9. The molecule has 5 aromatic carbocycles. The minimum atomic E-state index is -2.20. The van der Waals surface area contributed by atoms with Gasteiger partial charge in [-0.15, -0.1) is 0 Å². The van der Waals surface area contributed by atoms with Gasteiger partial charge in [-0.2, -0.15) is 0 Å². The molecule has 3 aliphatic rings. The summed E-state index contributed by atoms with van der Waals surface area (Å²) < 4.78 is 19.5. The van der Waals surface area contributed by atoms with Crippen molar-refractivity contribution in [2.75, 3.05) is 44.2 Å². The smallest absolute Gasteiger partial charge is 0.412 e. The highest BCUT2D eigenvalue weighted by Gasteiger charge is 2.41. The third-order valence-corrected chi connectivity index (χ3v) is 18.4. The largest absolute Gasteiger partial charge is 0.493 e. The Morgan fingerprint density at radius 2 is 1.63 bits per heavy atom. The molecule has 3 aliphatic heterocycles. The molecule has 0 spiro atoms. The number of nitrogens with zero attached hydrogens (tertiary/aromatic N) is 2. The lowest BCUT2D eigenvalue weighted by atomic mass is 9.82. The van der Waals surface area contributed by atoms with E-state index >= 15 is 0 Å². The van der Waals surface area contributed by atoms with E-state index in [1.165, 1.54) is 5.56 Å². The van der Waals surface area contributed by atoms with Gasteiger partial charge in [0.2, 0.25) is 5.56 Å². The standard InChI is InChI=1S/C56H66N4O6Si/c1-56(2,3)67(4,5)66-52(46-24-27-51(54-47(46)25-28-53(61)58-54)65-39-42-15-8-6-9-16-42)37-57-32-29-40-19-22-45(23-20-40)64-35-13-12-14-41-21-26-49(48(36-41)43-17-10-7-11-18-43)60(55(62)63)50-38-59-33-30-44(50)31-34-59/h6-12,14-28,36,44,50,52,57H,13,29-35,37-39H2,1-5H3,(H,58,61)(H,62,63)/b14-12+/t50-,52+/m0/s1. The Bertz CT molecular complexity index is 2670. The zero-order valence-electron chi connectivity index (χ0n) is 39.7. The molecule has 10 nitrogen and oxygen atoms in total. The van der Waals surface area contributed by atoms with E-state index in [1.54, 1.807) is 11.0 Å². The van der Waals surface area contributed by atoms with Crippen molar-refractivity contribution in [3.63, 3.8) is 0 Å². The monoisotopic (exact) mass is 918 g/mol. The Morgan fingerprint density at radius 3 is 2.31 bits per heavy atom. The zero-order valence-corrected chi connectivity index (χ0v) is 40.7. The number of pyridine rings is 1. The third kappa shape index (κ3) is 11.8. The van der Waals surface area contributed by atoms with E-state index in [9.17, 15) is 14.7 Å². The predicted molar refractivity (Wildman–Crippen MR) is 274 cm³/mol. The quantitative estimate of drug-likeness (QED) is 0.0543. The Balaban J connectivity index is 0.868. The van der Waals surface area contributed by atoms with Gasteiger partial charge in [-0.3, -0.25) is 9.69 Å². The Labute approximate surface area is 396 Å². The molecule has 11 heteroatoms. The number of amides is 1. The van der Waals surface area contributed by atoms with Crippen molar-refractivity contribution in [3.8, 4) is 22.6 Å². The molecule has 6 aromatic rings. The van der Waals surface area contributed by atoms with Gasteiger partial charge >= 0.3 is 6.09 Å². The molecule has 0 radical (unpaired) electrons. The van der Waals surface area contributed by atoms with Crippen LogP contribution in [0.25, 0.3) is 28.1 Å². The summed E-state index contributed by atoms with van der Waals surface area (Å²) in [4.78, 5) is 32.6. The molecule has 2 atom stereocenters. The molecule has 0 aliphatic carbocycles. The first-order valence-corrected chi connectivity index (χ1v) is 26.8. The summed E-state index contributed by atoms with van der Waals surface area (Å²) in [6, 6.07) is 42.0. The Morgan fingerprint density at radius 1 is 0.896 bits per heavy atom. The maximum Gasteiger partial charge on any atom is 0.412 e. The SMILES string of the molecule is CC(C)(C)[Si](C)(C)O[C@H](CNCCc1ccc(OCC/C=C/c2ccc(N(C(=O)O)[C@H]3CN4CCC3CC4)c(-c3ccccc3)c2)cc1)c1ccc(OCc2ccccc2)c2[nH]c(=O)ccc12. The number of piperidine rings is 3. The van der Waals surface area contributed by atoms with Crippen molar-refractivity contribution >= 4 is 37.1 Å². The lowest BCUT2D eigenvalue weighted by Crippen LogP contribution is -2.58. The number of ether oxygens (including phenoxy) is 2. The third-order valence-electron chi connectivity index (χ3n) is 13.9. The summed E-state index contributed by atoms with van der Waals surface area (Å²) >= 11 is 0. The highest BCUT2D eigenvalue weighted by Crippen LogP contribution is 2.42. The molecule has 0 saturated carbocycles. The van der Waals surface area contributed by atoms with Crippen molar-refractivity contribution in [2.45, 2.75) is 83.3 Å². The first kappa shape index (κ1) is 47.5. The molecule has 350 valence electrons. The van der Waals surface area contributed by atoms with Crippen molar-refractivity contribution < 1.29 is 23.8 Å². The van der Waals surface area contributed by atoms with Crippen LogP contribution in [0.4, 0.5) is 10.5 Å². The van der Waals surface area contributed by atoms with E-state index in [0.717, 1.165) is 96.5 Å². The number of carbonyl (C=O) groups is 1. The van der Waals surface area contributed by atoms with Gasteiger partial charge in [-0.25, -0.2) is 4.79 Å². The van der Waals surface area contributed by atoms with Crippen molar-refractivity contribution in [1.82, 2.24) is 15.2 Å². The van der Waals surface area contributed by atoms with Gasteiger partial charge in [0.1, 0.15) is 18.1 Å². The normalized spacial score (nSPS) is 17.7. The molecule has 2 bridgehead atoms. The van der Waals surface area contributed by atoms with E-state index < -0.39 is 14.4 Å². The molecule has 3 N–H and O–H groups in total.